The highest BCUT2D eigenvalue weighted by molar-refractivity contribution is 7.08. The second-order valence-corrected chi connectivity index (χ2v) is 6.08. The van der Waals surface area contributed by atoms with E-state index >= 15 is 0 Å². The number of hydrogen-bond acceptors (Lipinski definition) is 4. The number of thiophene rings is 1. The molecule has 2 heterocycles. The Morgan fingerprint density at radius 3 is 2.95 bits per heavy atom. The summed E-state index contributed by atoms with van der Waals surface area (Å²) in [5.41, 5.74) is -0.266. The summed E-state index contributed by atoms with van der Waals surface area (Å²) in [4.78, 5) is 11.8. The molecule has 0 unspecified atom stereocenters. The molecule has 0 saturated heterocycles. The topological polar surface area (TPSA) is 74.5 Å². The van der Waals surface area contributed by atoms with Crippen LogP contribution in [0.3, 0.4) is 0 Å². The lowest BCUT2D eigenvalue weighted by molar-refractivity contribution is 0.0597. The van der Waals surface area contributed by atoms with Crippen LogP contribution < -0.4 is 10.6 Å². The highest BCUT2D eigenvalue weighted by Crippen LogP contribution is 2.21. The summed E-state index contributed by atoms with van der Waals surface area (Å²) in [5, 5.41) is 19.6. The maximum absolute atomic E-state index is 11.8. The van der Waals surface area contributed by atoms with Crippen molar-refractivity contribution in [3.63, 3.8) is 0 Å². The number of amides is 2. The van der Waals surface area contributed by atoms with E-state index < -0.39 is 5.60 Å². The van der Waals surface area contributed by atoms with Gasteiger partial charge in [0.15, 0.2) is 0 Å². The van der Waals surface area contributed by atoms with Crippen molar-refractivity contribution < 1.29 is 14.3 Å². The van der Waals surface area contributed by atoms with Crippen molar-refractivity contribution in [1.82, 2.24) is 10.6 Å². The van der Waals surface area contributed by atoms with Gasteiger partial charge in [-0.3, -0.25) is 0 Å². The van der Waals surface area contributed by atoms with Crippen molar-refractivity contribution in [3.8, 4) is 0 Å². The maximum Gasteiger partial charge on any atom is 0.315 e. The smallest absolute Gasteiger partial charge is 0.315 e. The molecule has 114 valence electrons. The zero-order chi connectivity index (χ0) is 15.3. The number of rotatable bonds is 6. The highest BCUT2D eigenvalue weighted by atomic mass is 32.1. The van der Waals surface area contributed by atoms with E-state index in [4.69, 9.17) is 4.42 Å². The zero-order valence-electron chi connectivity index (χ0n) is 12.1. The summed E-state index contributed by atoms with van der Waals surface area (Å²) >= 11 is 1.51. The summed E-state index contributed by atoms with van der Waals surface area (Å²) < 4.78 is 5.24. The molecule has 0 saturated carbocycles. The zero-order valence-corrected chi connectivity index (χ0v) is 12.9. The summed E-state index contributed by atoms with van der Waals surface area (Å²) in [6, 6.07) is 5.19. The van der Waals surface area contributed by atoms with Crippen molar-refractivity contribution in [1.29, 1.82) is 0 Å². The fraction of sp³-hybridized carbons (Fsp3) is 0.400. The predicted octanol–water partition coefficient (Wildman–Crippen LogP) is 2.48. The number of furan rings is 1. The van der Waals surface area contributed by atoms with Gasteiger partial charge in [0.05, 0.1) is 12.8 Å². The monoisotopic (exact) mass is 308 g/mol. The Kier molecular flexibility index (Phi) is 5.03. The third kappa shape index (κ3) is 4.61. The Morgan fingerprint density at radius 2 is 2.33 bits per heavy atom. The first-order valence-corrected chi connectivity index (χ1v) is 7.73. The van der Waals surface area contributed by atoms with Crippen LogP contribution >= 0.6 is 11.3 Å². The van der Waals surface area contributed by atoms with Gasteiger partial charge in [0.1, 0.15) is 11.4 Å². The molecule has 0 aliphatic heterocycles. The van der Waals surface area contributed by atoms with Crippen molar-refractivity contribution in [3.05, 3.63) is 46.5 Å². The van der Waals surface area contributed by atoms with E-state index in [0.717, 1.165) is 11.3 Å². The predicted molar refractivity (Wildman–Crippen MR) is 82.3 cm³/mol. The maximum atomic E-state index is 11.8. The number of carbonyl (C=O) groups is 1. The van der Waals surface area contributed by atoms with Crippen molar-refractivity contribution in [2.24, 2.45) is 0 Å². The fourth-order valence-electron chi connectivity index (χ4n) is 1.98. The molecule has 6 heteroatoms. The lowest BCUT2D eigenvalue weighted by Crippen LogP contribution is -2.46. The molecule has 0 aliphatic carbocycles. The number of hydrogen-bond donors (Lipinski definition) is 3. The van der Waals surface area contributed by atoms with Crippen LogP contribution in [0.25, 0.3) is 0 Å². The molecule has 0 aromatic carbocycles. The molecule has 2 atom stereocenters. The van der Waals surface area contributed by atoms with Gasteiger partial charge in [-0.25, -0.2) is 4.79 Å². The standard InChI is InChI=1S/C15H20N2O3S/c1-11(8-13-4-3-6-20-13)17-14(18)16-10-15(2,19)12-5-7-21-9-12/h3-7,9,11,19H,8,10H2,1-2H3,(H2,16,17,18)/t11-,15-/m0/s1. The molecule has 0 bridgehead atoms. The van der Waals surface area contributed by atoms with Crippen LogP contribution in [0.1, 0.15) is 25.2 Å². The van der Waals surface area contributed by atoms with Gasteiger partial charge in [0.25, 0.3) is 0 Å². The van der Waals surface area contributed by atoms with E-state index in [1.807, 2.05) is 35.9 Å². The average molecular weight is 308 g/mol. The molecule has 3 N–H and O–H groups in total. The lowest BCUT2D eigenvalue weighted by atomic mass is 9.99. The van der Waals surface area contributed by atoms with Crippen LogP contribution in [-0.2, 0) is 12.0 Å². The summed E-state index contributed by atoms with van der Waals surface area (Å²) in [7, 11) is 0. The molecule has 2 amide bonds. The number of carbonyl (C=O) groups excluding carboxylic acids is 1. The quantitative estimate of drug-likeness (QED) is 0.767. The number of nitrogens with one attached hydrogen (secondary N) is 2. The molecule has 2 aromatic heterocycles. The Hall–Kier alpha value is -1.79. The van der Waals surface area contributed by atoms with E-state index in [2.05, 4.69) is 10.6 Å². The van der Waals surface area contributed by atoms with Crippen molar-refractivity contribution in [2.75, 3.05) is 6.54 Å². The fourth-order valence-corrected chi connectivity index (χ4v) is 2.76. The Morgan fingerprint density at radius 1 is 1.52 bits per heavy atom. The molecule has 21 heavy (non-hydrogen) atoms. The van der Waals surface area contributed by atoms with Crippen LogP contribution in [0, 0.1) is 0 Å². The number of urea groups is 1. The van der Waals surface area contributed by atoms with Crippen LogP contribution in [0.2, 0.25) is 0 Å². The third-order valence-corrected chi connectivity index (χ3v) is 3.88. The first kappa shape index (κ1) is 15.6. The molecule has 0 spiro atoms. The van der Waals surface area contributed by atoms with Crippen LogP contribution in [0.4, 0.5) is 4.79 Å². The van der Waals surface area contributed by atoms with Gasteiger partial charge in [0, 0.05) is 12.5 Å². The van der Waals surface area contributed by atoms with Crippen LogP contribution in [0.5, 0.6) is 0 Å². The van der Waals surface area contributed by atoms with Crippen LogP contribution in [0.15, 0.2) is 39.6 Å². The van der Waals surface area contributed by atoms with E-state index in [-0.39, 0.29) is 18.6 Å². The van der Waals surface area contributed by atoms with Crippen LogP contribution in [-0.4, -0.2) is 23.7 Å². The SMILES string of the molecule is C[C@@H](Cc1ccco1)NC(=O)NC[C@](C)(O)c1ccsc1. The first-order chi connectivity index (χ1) is 9.97. The summed E-state index contributed by atoms with van der Waals surface area (Å²) in [5.74, 6) is 0.827. The Balaban J connectivity index is 1.77. The summed E-state index contributed by atoms with van der Waals surface area (Å²) in [6.07, 6.45) is 2.24. The Labute approximate surface area is 128 Å². The van der Waals surface area contributed by atoms with E-state index in [9.17, 15) is 9.90 Å². The molecule has 5 nitrogen and oxygen atoms in total. The normalized spacial score (nSPS) is 15.2. The Bertz CT molecular complexity index is 550. The van der Waals surface area contributed by atoms with Gasteiger partial charge < -0.3 is 20.2 Å². The molecule has 2 rings (SSSR count). The molecule has 0 fully saturated rings. The molecular weight excluding hydrogens is 288 g/mol. The third-order valence-electron chi connectivity index (χ3n) is 3.20. The van der Waals surface area contributed by atoms with Gasteiger partial charge in [-0.05, 0) is 48.4 Å². The lowest BCUT2D eigenvalue weighted by Gasteiger charge is -2.23. The highest BCUT2D eigenvalue weighted by Gasteiger charge is 2.24. The van der Waals surface area contributed by atoms with E-state index in [1.165, 1.54) is 11.3 Å². The first-order valence-electron chi connectivity index (χ1n) is 6.79. The minimum Gasteiger partial charge on any atom is -0.469 e. The van der Waals surface area contributed by atoms with E-state index in [1.54, 1.807) is 13.2 Å². The van der Waals surface area contributed by atoms with Gasteiger partial charge in [-0.1, -0.05) is 0 Å². The largest absolute Gasteiger partial charge is 0.469 e. The molecule has 0 radical (unpaired) electrons. The minimum absolute atomic E-state index is 0.0535. The second kappa shape index (κ2) is 6.78. The van der Waals surface area contributed by atoms with Gasteiger partial charge in [-0.2, -0.15) is 11.3 Å². The average Bonchev–Trinajstić information content (AvgIpc) is 3.09. The molecule has 2 aromatic rings. The van der Waals surface area contributed by atoms with Gasteiger partial charge in [-0.15, -0.1) is 0 Å². The number of aliphatic hydroxyl groups is 1. The molecular formula is C15H20N2O3S. The molecule has 0 aliphatic rings. The van der Waals surface area contributed by atoms with Gasteiger partial charge >= 0.3 is 6.03 Å². The minimum atomic E-state index is -1.07. The summed E-state index contributed by atoms with van der Waals surface area (Å²) in [6.45, 7) is 3.74. The van der Waals surface area contributed by atoms with Crippen molar-refractivity contribution >= 4 is 17.4 Å². The second-order valence-electron chi connectivity index (χ2n) is 5.30. The van der Waals surface area contributed by atoms with E-state index in [0.29, 0.717) is 6.42 Å². The van der Waals surface area contributed by atoms with Crippen molar-refractivity contribution in [2.45, 2.75) is 31.9 Å². The van der Waals surface area contributed by atoms with Gasteiger partial charge in [0.2, 0.25) is 0 Å².